The molecule has 0 aromatic heterocycles. The van der Waals surface area contributed by atoms with Crippen molar-refractivity contribution in [3.8, 4) is 0 Å². The minimum atomic E-state index is -3.04. The van der Waals surface area contributed by atoms with E-state index in [9.17, 15) is 8.42 Å². The number of benzene rings is 1. The quantitative estimate of drug-likeness (QED) is 0.762. The van der Waals surface area contributed by atoms with Crippen LogP contribution in [0.4, 0.5) is 0 Å². The van der Waals surface area contributed by atoms with Crippen LogP contribution < -0.4 is 5.32 Å². The summed E-state index contributed by atoms with van der Waals surface area (Å²) >= 11 is 0. The maximum atomic E-state index is 11.5. The number of nitrogens with one attached hydrogen (secondary N) is 1. The molecule has 76 valence electrons. The van der Waals surface area contributed by atoms with Crippen LogP contribution in [0.15, 0.2) is 29.2 Å². The Hall–Kier alpha value is -0.870. The fourth-order valence-electron chi connectivity index (χ4n) is 1.37. The molecule has 1 saturated heterocycles. The summed E-state index contributed by atoms with van der Waals surface area (Å²) in [6.07, 6.45) is 0. The van der Waals surface area contributed by atoms with E-state index in [0.717, 1.165) is 6.54 Å². The van der Waals surface area contributed by atoms with Crippen LogP contribution in [0, 0.1) is 0 Å². The fraction of sp³-hybridized carbons (Fsp3) is 0.400. The highest BCUT2D eigenvalue weighted by molar-refractivity contribution is 7.91. The molecule has 0 radical (unpaired) electrons. The van der Waals surface area contributed by atoms with Crippen molar-refractivity contribution >= 4 is 9.84 Å². The summed E-state index contributed by atoms with van der Waals surface area (Å²) in [5, 5.41) is 3.17. The molecular formula is C10H13NO2S. The van der Waals surface area contributed by atoms with Crippen molar-refractivity contribution in [2.45, 2.75) is 17.9 Å². The largest absolute Gasteiger partial charge is 0.307 e. The number of sulfone groups is 1. The van der Waals surface area contributed by atoms with Gasteiger partial charge in [-0.1, -0.05) is 19.1 Å². The van der Waals surface area contributed by atoms with E-state index in [-0.39, 0.29) is 5.75 Å². The van der Waals surface area contributed by atoms with Gasteiger partial charge in [-0.05, 0) is 17.7 Å². The molecule has 4 heteroatoms. The van der Waals surface area contributed by atoms with Gasteiger partial charge in [0.15, 0.2) is 9.84 Å². The van der Waals surface area contributed by atoms with Crippen molar-refractivity contribution in [2.75, 3.05) is 12.3 Å². The van der Waals surface area contributed by atoms with E-state index in [2.05, 4.69) is 5.32 Å². The highest BCUT2D eigenvalue weighted by atomic mass is 32.2. The van der Waals surface area contributed by atoms with Crippen LogP contribution in [-0.4, -0.2) is 20.7 Å². The van der Waals surface area contributed by atoms with Gasteiger partial charge in [0.05, 0.1) is 10.6 Å². The molecule has 1 atom stereocenters. The van der Waals surface area contributed by atoms with Gasteiger partial charge in [0, 0.05) is 12.6 Å². The zero-order chi connectivity index (χ0) is 10.2. The predicted molar refractivity (Wildman–Crippen MR) is 54.9 cm³/mol. The lowest BCUT2D eigenvalue weighted by Crippen LogP contribution is -2.03. The van der Waals surface area contributed by atoms with Gasteiger partial charge in [-0.15, -0.1) is 0 Å². The zero-order valence-electron chi connectivity index (χ0n) is 8.03. The Kier molecular flexibility index (Phi) is 2.33. The Morgan fingerprint density at radius 3 is 2.36 bits per heavy atom. The minimum Gasteiger partial charge on any atom is -0.307 e. The van der Waals surface area contributed by atoms with E-state index in [0.29, 0.717) is 10.9 Å². The predicted octanol–water partition coefficient (Wildman–Crippen LogP) is 1.12. The number of hydrogen-bond acceptors (Lipinski definition) is 3. The van der Waals surface area contributed by atoms with Crippen LogP contribution in [0.1, 0.15) is 18.5 Å². The molecule has 3 nitrogen and oxygen atoms in total. The normalized spacial score (nSPS) is 20.8. The number of rotatable bonds is 3. The smallest absolute Gasteiger partial charge is 0.178 e. The monoisotopic (exact) mass is 211 g/mol. The van der Waals surface area contributed by atoms with Crippen molar-refractivity contribution < 1.29 is 8.42 Å². The molecule has 0 spiro atoms. The Balaban J connectivity index is 2.29. The second-order valence-electron chi connectivity index (χ2n) is 3.43. The van der Waals surface area contributed by atoms with Crippen molar-refractivity contribution in [3.05, 3.63) is 29.8 Å². The highest BCUT2D eigenvalue weighted by Gasteiger charge is 2.22. The average Bonchev–Trinajstić information content (AvgIpc) is 3.01. The Bertz CT molecular complexity index is 418. The summed E-state index contributed by atoms with van der Waals surface area (Å²) in [7, 11) is -3.04. The summed E-state index contributed by atoms with van der Waals surface area (Å²) < 4.78 is 23.0. The van der Waals surface area contributed by atoms with Crippen LogP contribution in [-0.2, 0) is 9.84 Å². The standard InChI is InChI=1S/C10H13NO2S/c1-2-14(12,13)9-5-3-8(4-6-9)10-7-11-10/h3-6,10-11H,2,7H2,1H3. The maximum absolute atomic E-state index is 11.5. The lowest BCUT2D eigenvalue weighted by atomic mass is 10.2. The van der Waals surface area contributed by atoms with E-state index in [1.807, 2.05) is 12.1 Å². The Morgan fingerprint density at radius 1 is 1.36 bits per heavy atom. The third kappa shape index (κ3) is 1.81. The molecule has 2 rings (SSSR count). The van der Waals surface area contributed by atoms with E-state index >= 15 is 0 Å². The molecule has 0 saturated carbocycles. The molecule has 0 bridgehead atoms. The average molecular weight is 211 g/mol. The van der Waals surface area contributed by atoms with Gasteiger partial charge in [-0.3, -0.25) is 0 Å². The van der Waals surface area contributed by atoms with Crippen LogP contribution >= 0.6 is 0 Å². The van der Waals surface area contributed by atoms with Crippen LogP contribution in [0.3, 0.4) is 0 Å². The Labute approximate surface area is 84.1 Å². The van der Waals surface area contributed by atoms with Gasteiger partial charge in [-0.2, -0.15) is 0 Å². The SMILES string of the molecule is CCS(=O)(=O)c1ccc(C2CN2)cc1. The maximum Gasteiger partial charge on any atom is 0.178 e. The minimum absolute atomic E-state index is 0.161. The molecule has 14 heavy (non-hydrogen) atoms. The van der Waals surface area contributed by atoms with Gasteiger partial charge in [-0.25, -0.2) is 8.42 Å². The third-order valence-electron chi connectivity index (χ3n) is 2.43. The van der Waals surface area contributed by atoms with E-state index in [1.54, 1.807) is 19.1 Å². The van der Waals surface area contributed by atoms with Gasteiger partial charge >= 0.3 is 0 Å². The molecule has 1 aromatic rings. The first-order chi connectivity index (χ1) is 6.63. The van der Waals surface area contributed by atoms with Gasteiger partial charge in [0.1, 0.15) is 0 Å². The van der Waals surface area contributed by atoms with Gasteiger partial charge in [0.25, 0.3) is 0 Å². The van der Waals surface area contributed by atoms with Crippen LogP contribution in [0.5, 0.6) is 0 Å². The van der Waals surface area contributed by atoms with Gasteiger partial charge < -0.3 is 5.32 Å². The van der Waals surface area contributed by atoms with Crippen molar-refractivity contribution in [1.82, 2.24) is 5.32 Å². The topological polar surface area (TPSA) is 56.1 Å². The first-order valence-corrected chi connectivity index (χ1v) is 6.35. The van der Waals surface area contributed by atoms with Crippen molar-refractivity contribution in [3.63, 3.8) is 0 Å². The summed E-state index contributed by atoms with van der Waals surface area (Å²) in [5.41, 5.74) is 1.17. The van der Waals surface area contributed by atoms with Crippen molar-refractivity contribution in [2.24, 2.45) is 0 Å². The van der Waals surface area contributed by atoms with E-state index < -0.39 is 9.84 Å². The molecule has 0 aliphatic carbocycles. The summed E-state index contributed by atoms with van der Waals surface area (Å²) in [4.78, 5) is 0.421. The second kappa shape index (κ2) is 3.37. The second-order valence-corrected chi connectivity index (χ2v) is 5.71. The summed E-state index contributed by atoms with van der Waals surface area (Å²) in [5.74, 6) is 0.161. The fourth-order valence-corrected chi connectivity index (χ4v) is 2.25. The van der Waals surface area contributed by atoms with E-state index in [1.165, 1.54) is 5.56 Å². The molecule has 0 amide bonds. The van der Waals surface area contributed by atoms with Crippen molar-refractivity contribution in [1.29, 1.82) is 0 Å². The molecule has 1 fully saturated rings. The molecule has 1 N–H and O–H groups in total. The van der Waals surface area contributed by atoms with Crippen LogP contribution in [0.2, 0.25) is 0 Å². The molecular weight excluding hydrogens is 198 g/mol. The lowest BCUT2D eigenvalue weighted by Gasteiger charge is -2.02. The zero-order valence-corrected chi connectivity index (χ0v) is 8.84. The molecule has 1 heterocycles. The number of hydrogen-bond donors (Lipinski definition) is 1. The molecule has 1 aliphatic heterocycles. The molecule has 1 aliphatic rings. The third-order valence-corrected chi connectivity index (χ3v) is 4.18. The molecule has 1 unspecified atom stereocenters. The van der Waals surface area contributed by atoms with E-state index in [4.69, 9.17) is 0 Å². The first-order valence-electron chi connectivity index (χ1n) is 4.69. The first kappa shape index (κ1) is 9.68. The summed E-state index contributed by atoms with van der Waals surface area (Å²) in [6, 6.07) is 7.58. The lowest BCUT2D eigenvalue weighted by molar-refractivity contribution is 0.597. The highest BCUT2D eigenvalue weighted by Crippen LogP contribution is 2.22. The summed E-state index contributed by atoms with van der Waals surface area (Å²) in [6.45, 7) is 2.66. The van der Waals surface area contributed by atoms with Gasteiger partial charge in [0.2, 0.25) is 0 Å². The Morgan fingerprint density at radius 2 is 1.93 bits per heavy atom. The molecule has 1 aromatic carbocycles. The van der Waals surface area contributed by atoms with Crippen LogP contribution in [0.25, 0.3) is 0 Å².